The molecule has 0 aliphatic carbocycles. The average Bonchev–Trinajstić information content (AvgIpc) is 3.17. The number of aromatic amines is 1. The van der Waals surface area contributed by atoms with Gasteiger partial charge in [-0.2, -0.15) is 5.26 Å². The first-order chi connectivity index (χ1) is 16.7. The van der Waals surface area contributed by atoms with E-state index < -0.39 is 43.3 Å². The van der Waals surface area contributed by atoms with Gasteiger partial charge in [0.1, 0.15) is 6.04 Å². The molecule has 1 aromatic carbocycles. The number of nitrogens with one attached hydrogen (secondary N) is 2. The van der Waals surface area contributed by atoms with Gasteiger partial charge in [0, 0.05) is 30.3 Å². The molecule has 10 heteroatoms. The number of nitriles is 1. The molecule has 4 rings (SSSR count). The van der Waals surface area contributed by atoms with Crippen LogP contribution in [0, 0.1) is 11.3 Å². The van der Waals surface area contributed by atoms with E-state index in [2.05, 4.69) is 15.3 Å². The van der Waals surface area contributed by atoms with Crippen LogP contribution in [0.2, 0.25) is 0 Å². The van der Waals surface area contributed by atoms with Crippen molar-refractivity contribution in [3.05, 3.63) is 75.8 Å². The quantitative estimate of drug-likeness (QED) is 0.586. The number of rotatable bonds is 5. The number of carbonyl (C=O) groups excluding carboxylic acids is 2. The van der Waals surface area contributed by atoms with Crippen LogP contribution >= 0.6 is 0 Å². The number of hydrogen-bond donors (Lipinski definition) is 2. The lowest BCUT2D eigenvalue weighted by Gasteiger charge is -2.19. The Morgan fingerprint density at radius 3 is 2.83 bits per heavy atom. The maximum Gasteiger partial charge on any atom is 0.268 e. The summed E-state index contributed by atoms with van der Waals surface area (Å²) in [7, 11) is 0. The summed E-state index contributed by atoms with van der Waals surface area (Å²) in [4.78, 5) is 44.3. The van der Waals surface area contributed by atoms with Gasteiger partial charge in [-0.05, 0) is 54.0 Å². The first-order valence-corrected chi connectivity index (χ1v) is 10.8. The molecule has 3 aromatic rings. The number of H-pyrrole nitrogens is 1. The largest absolute Gasteiger partial charge is 0.343 e. The van der Waals surface area contributed by atoms with Crippen molar-refractivity contribution in [2.75, 3.05) is 13.1 Å². The zero-order chi connectivity index (χ0) is 25.2. The first-order valence-electron chi connectivity index (χ1n) is 10.8. The highest BCUT2D eigenvalue weighted by atomic mass is 19.3. The highest BCUT2D eigenvalue weighted by molar-refractivity contribution is 6.07. The second-order valence-corrected chi connectivity index (χ2v) is 8.31. The minimum absolute atomic E-state index is 0.202. The highest BCUT2D eigenvalue weighted by Crippen LogP contribution is 2.31. The molecular weight excluding hydrogens is 456 g/mol. The summed E-state index contributed by atoms with van der Waals surface area (Å²) < 4.78 is 27.3. The lowest BCUT2D eigenvalue weighted by Crippen LogP contribution is -2.43. The standard InChI is InChI=1S/C25H21F2N5O3/c1-15(8-16-2-5-22(33)30-12-16)17-3-4-21-20(9-17)19(6-7-29-21)24(35)31-13-23(34)32-14-25(26,27)10-18(32)11-28/h2-9,12,18H,10,13-14H2,1H3,(H,30,33)(H,31,35). The van der Waals surface area contributed by atoms with E-state index in [1.54, 1.807) is 30.5 Å². The molecule has 1 atom stereocenters. The number of hydrogen-bond acceptors (Lipinski definition) is 5. The van der Waals surface area contributed by atoms with E-state index in [0.717, 1.165) is 21.6 Å². The number of pyridine rings is 2. The zero-order valence-corrected chi connectivity index (χ0v) is 18.7. The summed E-state index contributed by atoms with van der Waals surface area (Å²) in [6.07, 6.45) is 4.22. The number of carbonyl (C=O) groups is 2. The summed E-state index contributed by atoms with van der Waals surface area (Å²) in [5, 5.41) is 12.1. The van der Waals surface area contributed by atoms with Crippen LogP contribution in [-0.2, 0) is 4.79 Å². The predicted molar refractivity (Wildman–Crippen MR) is 125 cm³/mol. The molecule has 1 aliphatic rings. The van der Waals surface area contributed by atoms with Gasteiger partial charge in [-0.25, -0.2) is 8.78 Å². The van der Waals surface area contributed by atoms with Crippen molar-refractivity contribution in [2.45, 2.75) is 25.3 Å². The molecular formula is C25H21F2N5O3. The number of halogens is 2. The zero-order valence-electron chi connectivity index (χ0n) is 18.7. The normalized spacial score (nSPS) is 17.3. The number of benzene rings is 1. The van der Waals surface area contributed by atoms with Crippen molar-refractivity contribution in [2.24, 2.45) is 0 Å². The van der Waals surface area contributed by atoms with Crippen LogP contribution in [0.25, 0.3) is 22.6 Å². The maximum atomic E-state index is 13.6. The lowest BCUT2D eigenvalue weighted by atomic mass is 10.00. The lowest BCUT2D eigenvalue weighted by molar-refractivity contribution is -0.131. The summed E-state index contributed by atoms with van der Waals surface area (Å²) in [5.41, 5.74) is 3.12. The summed E-state index contributed by atoms with van der Waals surface area (Å²) in [6, 6.07) is 10.5. The molecule has 1 aliphatic heterocycles. The second-order valence-electron chi connectivity index (χ2n) is 8.31. The fraction of sp³-hybridized carbons (Fsp3) is 0.240. The van der Waals surface area contributed by atoms with E-state index in [0.29, 0.717) is 10.9 Å². The Morgan fingerprint density at radius 2 is 2.11 bits per heavy atom. The van der Waals surface area contributed by atoms with Gasteiger partial charge < -0.3 is 15.2 Å². The van der Waals surface area contributed by atoms with Crippen molar-refractivity contribution in [1.29, 1.82) is 5.26 Å². The third-order valence-electron chi connectivity index (χ3n) is 5.77. The third kappa shape index (κ3) is 5.24. The maximum absolute atomic E-state index is 13.6. The number of fused-ring (bicyclic) bond motifs is 1. The smallest absolute Gasteiger partial charge is 0.268 e. The Balaban J connectivity index is 1.54. The number of alkyl halides is 2. The predicted octanol–water partition coefficient (Wildman–Crippen LogP) is 2.97. The summed E-state index contributed by atoms with van der Waals surface area (Å²) >= 11 is 0. The molecule has 8 nitrogen and oxygen atoms in total. The molecule has 0 bridgehead atoms. The van der Waals surface area contributed by atoms with Gasteiger partial charge in [-0.3, -0.25) is 19.4 Å². The van der Waals surface area contributed by atoms with Gasteiger partial charge in [0.25, 0.3) is 11.8 Å². The van der Waals surface area contributed by atoms with E-state index in [1.165, 1.54) is 18.3 Å². The molecule has 1 unspecified atom stereocenters. The van der Waals surface area contributed by atoms with Gasteiger partial charge in [-0.15, -0.1) is 0 Å². The second kappa shape index (κ2) is 9.46. The summed E-state index contributed by atoms with van der Waals surface area (Å²) in [5.74, 6) is -4.44. The third-order valence-corrected chi connectivity index (χ3v) is 5.77. The van der Waals surface area contributed by atoms with E-state index in [9.17, 15) is 23.2 Å². The van der Waals surface area contributed by atoms with E-state index in [1.807, 2.05) is 19.1 Å². The van der Waals surface area contributed by atoms with Crippen LogP contribution in [0.1, 0.15) is 34.8 Å². The highest BCUT2D eigenvalue weighted by Gasteiger charge is 2.47. The molecule has 0 spiro atoms. The summed E-state index contributed by atoms with van der Waals surface area (Å²) in [6.45, 7) is 0.530. The molecule has 1 fully saturated rings. The molecule has 2 aromatic heterocycles. The number of amides is 2. The minimum atomic E-state index is -3.13. The molecule has 3 heterocycles. The minimum Gasteiger partial charge on any atom is -0.343 e. The van der Waals surface area contributed by atoms with Gasteiger partial charge >= 0.3 is 0 Å². The van der Waals surface area contributed by atoms with Crippen LogP contribution in [0.4, 0.5) is 8.78 Å². The van der Waals surface area contributed by atoms with Gasteiger partial charge in [0.2, 0.25) is 11.5 Å². The van der Waals surface area contributed by atoms with Crippen LogP contribution < -0.4 is 10.9 Å². The van der Waals surface area contributed by atoms with Crippen molar-refractivity contribution in [1.82, 2.24) is 20.2 Å². The molecule has 0 radical (unpaired) electrons. The fourth-order valence-electron chi connectivity index (χ4n) is 3.98. The fourth-order valence-corrected chi connectivity index (χ4v) is 3.98. The Bertz CT molecular complexity index is 1420. The van der Waals surface area contributed by atoms with Crippen LogP contribution in [0.15, 0.2) is 53.6 Å². The topological polar surface area (TPSA) is 119 Å². The van der Waals surface area contributed by atoms with E-state index >= 15 is 0 Å². The molecule has 178 valence electrons. The van der Waals surface area contributed by atoms with Gasteiger partial charge in [0.15, 0.2) is 0 Å². The van der Waals surface area contributed by atoms with Crippen LogP contribution in [0.3, 0.4) is 0 Å². The number of aromatic nitrogens is 2. The van der Waals surface area contributed by atoms with Crippen molar-refractivity contribution < 1.29 is 18.4 Å². The average molecular weight is 477 g/mol. The Hall–Kier alpha value is -4.39. The van der Waals surface area contributed by atoms with Crippen LogP contribution in [0.5, 0.6) is 0 Å². The van der Waals surface area contributed by atoms with Crippen molar-refractivity contribution in [3.8, 4) is 6.07 Å². The number of nitrogens with zero attached hydrogens (tertiary/aromatic N) is 3. The molecule has 35 heavy (non-hydrogen) atoms. The number of likely N-dealkylation sites (tertiary alicyclic amines) is 1. The molecule has 0 saturated carbocycles. The molecule has 1 saturated heterocycles. The van der Waals surface area contributed by atoms with Crippen LogP contribution in [-0.4, -0.2) is 51.7 Å². The Morgan fingerprint density at radius 1 is 1.31 bits per heavy atom. The Kier molecular flexibility index (Phi) is 6.42. The van der Waals surface area contributed by atoms with Crippen molar-refractivity contribution >= 4 is 34.4 Å². The SMILES string of the molecule is CC(=Cc1ccc(=O)[nH]c1)c1ccc2nccc(C(=O)NCC(=O)N3CC(F)(F)CC3C#N)c2c1. The van der Waals surface area contributed by atoms with E-state index in [4.69, 9.17) is 5.26 Å². The monoisotopic (exact) mass is 477 g/mol. The van der Waals surface area contributed by atoms with E-state index in [-0.39, 0.29) is 11.1 Å². The Labute approximate surface area is 198 Å². The van der Waals surface area contributed by atoms with Gasteiger partial charge in [0.05, 0.1) is 30.2 Å². The van der Waals surface area contributed by atoms with Gasteiger partial charge in [-0.1, -0.05) is 6.07 Å². The number of allylic oxidation sites excluding steroid dienone is 1. The van der Waals surface area contributed by atoms with Crippen molar-refractivity contribution in [3.63, 3.8) is 0 Å². The first kappa shape index (κ1) is 23.8. The molecule has 2 amide bonds. The molecule has 2 N–H and O–H groups in total.